The van der Waals surface area contributed by atoms with Crippen LogP contribution in [0.3, 0.4) is 0 Å². The van der Waals surface area contributed by atoms with Gasteiger partial charge in [-0.25, -0.2) is 0 Å². The van der Waals surface area contributed by atoms with E-state index >= 15 is 0 Å². The normalized spacial score (nSPS) is 12.9. The first kappa shape index (κ1) is 27.6. The first-order valence-electron chi connectivity index (χ1n) is 11.6. The minimum atomic E-state index is 0.250. The highest BCUT2D eigenvalue weighted by Crippen LogP contribution is 2.16. The van der Waals surface area contributed by atoms with Gasteiger partial charge >= 0.3 is 0 Å². The molecular weight excluding hydrogens is 322 g/mol. The van der Waals surface area contributed by atoms with Crippen molar-refractivity contribution in [2.24, 2.45) is 0 Å². The third-order valence-electron chi connectivity index (χ3n) is 4.87. The maximum atomic E-state index is 9.70. The van der Waals surface area contributed by atoms with Crippen LogP contribution in [0.2, 0.25) is 0 Å². The van der Waals surface area contributed by atoms with Crippen molar-refractivity contribution in [3.8, 4) is 0 Å². The molecule has 0 aromatic rings. The van der Waals surface area contributed by atoms with Crippen LogP contribution < -0.4 is 5.32 Å². The number of unbranched alkanes of at least 4 members (excludes halogenated alkanes) is 13. The smallest absolute Gasteiger partial charge is 0.207 e. The number of carbonyl (C=O) groups is 1. The summed E-state index contributed by atoms with van der Waals surface area (Å²) in [6.07, 6.45) is 24.8. The third-order valence-corrected chi connectivity index (χ3v) is 4.87. The van der Waals surface area contributed by atoms with Crippen molar-refractivity contribution in [2.45, 2.75) is 136 Å². The van der Waals surface area contributed by atoms with Gasteiger partial charge in [-0.3, -0.25) is 4.79 Å². The predicted octanol–water partition coefficient (Wildman–Crippen LogP) is 6.77. The maximum absolute atomic E-state index is 9.70. The number of nitrogens with one attached hydrogen (secondary N) is 1. The lowest BCUT2D eigenvalue weighted by Gasteiger charge is -2.23. The molecule has 2 N–H and O–H groups in total. The fourth-order valence-electron chi connectivity index (χ4n) is 2.94. The van der Waals surface area contributed by atoms with Gasteiger partial charge in [-0.1, -0.05) is 104 Å². The van der Waals surface area contributed by atoms with Crippen molar-refractivity contribution < 1.29 is 9.90 Å². The highest BCUT2D eigenvalue weighted by molar-refractivity contribution is 5.46. The second-order valence-electron chi connectivity index (χ2n) is 7.47. The molecule has 0 spiro atoms. The molecular formula is C23H49NO2. The number of aliphatic hydroxyl groups is 1. The average molecular weight is 372 g/mol. The number of hydrogen-bond acceptors (Lipinski definition) is 2. The number of rotatable bonds is 15. The summed E-state index contributed by atoms with van der Waals surface area (Å²) in [5.41, 5.74) is 0. The SMILES string of the molecule is CCCCCCCCCCCCCCCC.CCO.O=CNC1CCC1. The van der Waals surface area contributed by atoms with Gasteiger partial charge in [0, 0.05) is 12.6 Å². The van der Waals surface area contributed by atoms with E-state index in [1.54, 1.807) is 6.92 Å². The van der Waals surface area contributed by atoms with E-state index in [-0.39, 0.29) is 6.61 Å². The Morgan fingerprint density at radius 1 is 0.731 bits per heavy atom. The van der Waals surface area contributed by atoms with Gasteiger partial charge in [0.25, 0.3) is 0 Å². The molecule has 1 fully saturated rings. The summed E-state index contributed by atoms with van der Waals surface area (Å²) in [5, 5.41) is 10.3. The minimum absolute atomic E-state index is 0.250. The molecule has 1 aliphatic carbocycles. The van der Waals surface area contributed by atoms with Crippen LogP contribution in [-0.4, -0.2) is 24.2 Å². The lowest BCUT2D eigenvalue weighted by Crippen LogP contribution is -2.33. The van der Waals surface area contributed by atoms with E-state index in [4.69, 9.17) is 5.11 Å². The van der Waals surface area contributed by atoms with Crippen LogP contribution in [0.25, 0.3) is 0 Å². The van der Waals surface area contributed by atoms with Crippen molar-refractivity contribution in [3.05, 3.63) is 0 Å². The molecule has 158 valence electrons. The molecule has 0 aliphatic heterocycles. The van der Waals surface area contributed by atoms with Gasteiger partial charge in [0.1, 0.15) is 0 Å². The van der Waals surface area contributed by atoms with Crippen LogP contribution in [0.4, 0.5) is 0 Å². The van der Waals surface area contributed by atoms with Crippen molar-refractivity contribution in [2.75, 3.05) is 6.61 Å². The highest BCUT2D eigenvalue weighted by Gasteiger charge is 2.14. The summed E-state index contributed by atoms with van der Waals surface area (Å²) in [4.78, 5) is 9.70. The van der Waals surface area contributed by atoms with Crippen LogP contribution in [0, 0.1) is 0 Å². The Morgan fingerprint density at radius 2 is 1.04 bits per heavy atom. The summed E-state index contributed by atoms with van der Waals surface area (Å²) in [5.74, 6) is 0. The molecule has 0 unspecified atom stereocenters. The van der Waals surface area contributed by atoms with E-state index in [2.05, 4.69) is 19.2 Å². The first-order valence-corrected chi connectivity index (χ1v) is 11.6. The Kier molecular flexibility index (Phi) is 28.3. The summed E-state index contributed by atoms with van der Waals surface area (Å²) >= 11 is 0. The fourth-order valence-corrected chi connectivity index (χ4v) is 2.94. The van der Waals surface area contributed by atoms with Gasteiger partial charge < -0.3 is 10.4 Å². The van der Waals surface area contributed by atoms with Crippen LogP contribution in [0.15, 0.2) is 0 Å². The molecule has 3 nitrogen and oxygen atoms in total. The van der Waals surface area contributed by atoms with Crippen LogP contribution in [-0.2, 0) is 4.79 Å². The topological polar surface area (TPSA) is 49.3 Å². The molecule has 0 radical (unpaired) electrons. The second-order valence-corrected chi connectivity index (χ2v) is 7.47. The van der Waals surface area contributed by atoms with E-state index in [0.717, 1.165) is 6.41 Å². The largest absolute Gasteiger partial charge is 0.397 e. The monoisotopic (exact) mass is 371 g/mol. The number of amides is 1. The fraction of sp³-hybridized carbons (Fsp3) is 0.957. The van der Waals surface area contributed by atoms with Crippen LogP contribution in [0.1, 0.15) is 130 Å². The van der Waals surface area contributed by atoms with Crippen LogP contribution in [0.5, 0.6) is 0 Å². The van der Waals surface area contributed by atoms with Crippen molar-refractivity contribution >= 4 is 6.41 Å². The molecule has 1 amide bonds. The number of hydrogen-bond donors (Lipinski definition) is 2. The predicted molar refractivity (Wildman–Crippen MR) is 116 cm³/mol. The summed E-state index contributed by atoms with van der Waals surface area (Å²) < 4.78 is 0. The molecule has 0 atom stereocenters. The lowest BCUT2D eigenvalue weighted by molar-refractivity contribution is -0.110. The molecule has 26 heavy (non-hydrogen) atoms. The number of carbonyl (C=O) groups excluding carboxylic acids is 1. The molecule has 0 aromatic carbocycles. The summed E-state index contributed by atoms with van der Waals surface area (Å²) in [7, 11) is 0. The minimum Gasteiger partial charge on any atom is -0.397 e. The average Bonchev–Trinajstić information content (AvgIpc) is 2.60. The van der Waals surface area contributed by atoms with Gasteiger partial charge in [0.05, 0.1) is 0 Å². The first-order chi connectivity index (χ1) is 12.8. The third kappa shape index (κ3) is 25.7. The van der Waals surface area contributed by atoms with Gasteiger partial charge in [0.2, 0.25) is 6.41 Å². The maximum Gasteiger partial charge on any atom is 0.207 e. The molecule has 0 saturated heterocycles. The molecule has 3 heteroatoms. The van der Waals surface area contributed by atoms with Crippen LogP contribution >= 0.6 is 0 Å². The molecule has 0 heterocycles. The Labute approximate surface area is 164 Å². The zero-order valence-electron chi connectivity index (χ0n) is 18.2. The lowest BCUT2D eigenvalue weighted by atomic mass is 9.94. The van der Waals surface area contributed by atoms with E-state index in [0.29, 0.717) is 6.04 Å². The van der Waals surface area contributed by atoms with Crippen molar-refractivity contribution in [1.29, 1.82) is 0 Å². The van der Waals surface area contributed by atoms with Gasteiger partial charge in [-0.15, -0.1) is 0 Å². The van der Waals surface area contributed by atoms with Gasteiger partial charge in [-0.05, 0) is 26.2 Å². The molecule has 1 saturated carbocycles. The summed E-state index contributed by atoms with van der Waals surface area (Å²) in [6.45, 7) is 6.51. The zero-order valence-corrected chi connectivity index (χ0v) is 18.2. The standard InChI is InChI=1S/C16H34.C5H9NO.C2H6O/c1-3-5-7-9-11-13-15-16-14-12-10-8-6-4-2;7-4-6-5-2-1-3-5;1-2-3/h3-16H2,1-2H3;4-5H,1-3H2,(H,6,7);3H,2H2,1H3. The van der Waals surface area contributed by atoms with E-state index in [1.165, 1.54) is 109 Å². The molecule has 0 bridgehead atoms. The van der Waals surface area contributed by atoms with Crippen molar-refractivity contribution in [3.63, 3.8) is 0 Å². The summed E-state index contributed by atoms with van der Waals surface area (Å²) in [6, 6.07) is 0.512. The molecule has 1 rings (SSSR count). The Bertz CT molecular complexity index is 228. The quantitative estimate of drug-likeness (QED) is 0.246. The Hall–Kier alpha value is -0.570. The molecule has 0 aromatic heterocycles. The number of aliphatic hydroxyl groups excluding tert-OH is 1. The van der Waals surface area contributed by atoms with Crippen molar-refractivity contribution in [1.82, 2.24) is 5.32 Å². The zero-order chi connectivity index (χ0) is 19.7. The van der Waals surface area contributed by atoms with E-state index < -0.39 is 0 Å². The van der Waals surface area contributed by atoms with Gasteiger partial charge in [-0.2, -0.15) is 0 Å². The second kappa shape index (κ2) is 26.7. The van der Waals surface area contributed by atoms with E-state index in [1.807, 2.05) is 0 Å². The molecule has 1 aliphatic rings. The Morgan fingerprint density at radius 3 is 1.19 bits per heavy atom. The Balaban J connectivity index is 0. The van der Waals surface area contributed by atoms with E-state index in [9.17, 15) is 4.79 Å². The highest BCUT2D eigenvalue weighted by atomic mass is 16.2. The van der Waals surface area contributed by atoms with Gasteiger partial charge in [0.15, 0.2) is 0 Å².